The van der Waals surface area contributed by atoms with Crippen LogP contribution in [-0.2, 0) is 35.8 Å². The Kier molecular flexibility index (Phi) is 3.34. The molecule has 2 heterocycles. The molecule has 0 atom stereocenters. The van der Waals surface area contributed by atoms with Gasteiger partial charge in [0, 0.05) is 6.54 Å². The summed E-state index contributed by atoms with van der Waals surface area (Å²) in [7, 11) is 0. The number of rotatable bonds is 4. The molecule has 1 aliphatic rings. The van der Waals surface area contributed by atoms with Gasteiger partial charge in [-0.1, -0.05) is 30.3 Å². The van der Waals surface area contributed by atoms with Crippen LogP contribution in [0, 0.1) is 0 Å². The Morgan fingerprint density at radius 1 is 1.17 bits per heavy atom. The molecule has 3 rings (SSSR count). The van der Waals surface area contributed by atoms with Gasteiger partial charge in [-0.2, -0.15) is 0 Å². The second-order valence-electron chi connectivity index (χ2n) is 4.22. The van der Waals surface area contributed by atoms with Gasteiger partial charge in [0.25, 0.3) is 0 Å². The van der Waals surface area contributed by atoms with E-state index < -0.39 is 0 Å². The van der Waals surface area contributed by atoms with Gasteiger partial charge < -0.3 is 14.0 Å². The first-order valence-electron chi connectivity index (χ1n) is 6.04. The Labute approximate surface area is 105 Å². The van der Waals surface area contributed by atoms with Crippen LogP contribution < -0.4 is 0 Å². The fraction of sp³-hybridized carbons (Fsp3) is 0.385. The van der Waals surface area contributed by atoms with Crippen molar-refractivity contribution >= 4 is 0 Å². The van der Waals surface area contributed by atoms with E-state index in [9.17, 15) is 0 Å². The summed E-state index contributed by atoms with van der Waals surface area (Å²) in [4.78, 5) is 0. The molecular weight excluding hydrogens is 230 g/mol. The summed E-state index contributed by atoms with van der Waals surface area (Å²) in [6.07, 6.45) is 0. The lowest BCUT2D eigenvalue weighted by Crippen LogP contribution is -2.19. The first-order valence-corrected chi connectivity index (χ1v) is 6.04. The average Bonchev–Trinajstić information content (AvgIpc) is 2.84. The summed E-state index contributed by atoms with van der Waals surface area (Å²) in [5.41, 5.74) is 1.17. The van der Waals surface area contributed by atoms with Gasteiger partial charge in [-0.3, -0.25) is 0 Å². The lowest BCUT2D eigenvalue weighted by Gasteiger charge is -2.15. The number of nitrogens with zero attached hydrogens (tertiary/aromatic N) is 3. The van der Waals surface area contributed by atoms with E-state index in [1.54, 1.807) is 0 Å². The van der Waals surface area contributed by atoms with E-state index in [4.69, 9.17) is 9.47 Å². The van der Waals surface area contributed by atoms with Crippen molar-refractivity contribution in [3.05, 3.63) is 47.5 Å². The molecule has 0 fully saturated rings. The fourth-order valence-electron chi connectivity index (χ4n) is 2.00. The number of hydrogen-bond donors (Lipinski definition) is 0. The van der Waals surface area contributed by atoms with Crippen LogP contribution in [0.4, 0.5) is 0 Å². The Bertz CT molecular complexity index is 510. The van der Waals surface area contributed by atoms with E-state index in [1.807, 2.05) is 30.3 Å². The lowest BCUT2D eigenvalue weighted by molar-refractivity contribution is 0.0709. The summed E-state index contributed by atoms with van der Waals surface area (Å²) in [6.45, 7) is 3.16. The summed E-state index contributed by atoms with van der Waals surface area (Å²) >= 11 is 0. The monoisotopic (exact) mass is 245 g/mol. The highest BCUT2D eigenvalue weighted by atomic mass is 16.5. The van der Waals surface area contributed by atoms with Gasteiger partial charge in [-0.25, -0.2) is 0 Å². The predicted octanol–water partition coefficient (Wildman–Crippen LogP) is 1.53. The Hall–Kier alpha value is -1.72. The molecule has 0 saturated carbocycles. The molecular formula is C13H15N3O2. The summed E-state index contributed by atoms with van der Waals surface area (Å²) in [5.74, 6) is 1.77. The zero-order valence-corrected chi connectivity index (χ0v) is 10.1. The van der Waals surface area contributed by atoms with Crippen LogP contribution in [0.5, 0.6) is 0 Å². The largest absolute Gasteiger partial charge is 0.372 e. The number of hydrogen-bond acceptors (Lipinski definition) is 4. The summed E-state index contributed by atoms with van der Waals surface area (Å²) in [5, 5.41) is 8.23. The van der Waals surface area contributed by atoms with Gasteiger partial charge in [0.2, 0.25) is 0 Å². The predicted molar refractivity (Wildman–Crippen MR) is 64.6 cm³/mol. The highest BCUT2D eigenvalue weighted by Crippen LogP contribution is 2.11. The second-order valence-corrected chi connectivity index (χ2v) is 4.22. The highest BCUT2D eigenvalue weighted by Gasteiger charge is 2.15. The number of aromatic nitrogens is 3. The van der Waals surface area contributed by atoms with E-state index in [0.29, 0.717) is 19.8 Å². The third-order valence-corrected chi connectivity index (χ3v) is 2.94. The van der Waals surface area contributed by atoms with Crippen molar-refractivity contribution < 1.29 is 9.47 Å². The van der Waals surface area contributed by atoms with Gasteiger partial charge in [-0.05, 0) is 5.56 Å². The molecule has 5 heteroatoms. The minimum atomic E-state index is 0.488. The van der Waals surface area contributed by atoms with Crippen LogP contribution >= 0.6 is 0 Å². The van der Waals surface area contributed by atoms with Crippen LogP contribution in [0.2, 0.25) is 0 Å². The molecule has 0 aliphatic carbocycles. The third kappa shape index (κ3) is 2.42. The zero-order valence-electron chi connectivity index (χ0n) is 10.1. The maximum Gasteiger partial charge on any atom is 0.159 e. The van der Waals surface area contributed by atoms with Gasteiger partial charge in [-0.15, -0.1) is 10.2 Å². The molecule has 0 saturated heterocycles. The number of ether oxygens (including phenoxy) is 2. The van der Waals surface area contributed by atoms with Crippen molar-refractivity contribution in [1.29, 1.82) is 0 Å². The molecule has 18 heavy (non-hydrogen) atoms. The van der Waals surface area contributed by atoms with Gasteiger partial charge >= 0.3 is 0 Å². The highest BCUT2D eigenvalue weighted by molar-refractivity contribution is 5.13. The van der Waals surface area contributed by atoms with Crippen LogP contribution in [0.3, 0.4) is 0 Å². The van der Waals surface area contributed by atoms with Crippen LogP contribution in [0.1, 0.15) is 17.2 Å². The van der Waals surface area contributed by atoms with E-state index in [2.05, 4.69) is 14.8 Å². The standard InChI is InChI=1S/C13H15N3O2/c1-2-4-11(5-3-1)8-18-10-13-15-14-12-9-17-7-6-16(12)13/h1-5H,6-10H2. The molecule has 1 aliphatic heterocycles. The molecule has 5 nitrogen and oxygen atoms in total. The van der Waals surface area contributed by atoms with E-state index in [0.717, 1.165) is 24.8 Å². The summed E-state index contributed by atoms with van der Waals surface area (Å²) in [6, 6.07) is 10.1. The SMILES string of the molecule is c1ccc(COCc2nnc3n2CCOC3)cc1. The molecule has 0 N–H and O–H groups in total. The van der Waals surface area contributed by atoms with Crippen molar-refractivity contribution in [3.63, 3.8) is 0 Å². The maximum absolute atomic E-state index is 5.67. The molecule has 0 amide bonds. The van der Waals surface area contributed by atoms with E-state index >= 15 is 0 Å². The molecule has 2 aromatic rings. The third-order valence-electron chi connectivity index (χ3n) is 2.94. The van der Waals surface area contributed by atoms with Crippen molar-refractivity contribution in [1.82, 2.24) is 14.8 Å². The normalized spacial score (nSPS) is 14.4. The van der Waals surface area contributed by atoms with Gasteiger partial charge in [0.05, 0.1) is 13.2 Å². The molecule has 0 bridgehead atoms. The average molecular weight is 245 g/mol. The Morgan fingerprint density at radius 3 is 2.94 bits per heavy atom. The second kappa shape index (κ2) is 5.29. The topological polar surface area (TPSA) is 49.2 Å². The molecule has 1 aromatic heterocycles. The first-order chi connectivity index (χ1) is 8.93. The minimum Gasteiger partial charge on any atom is -0.372 e. The molecule has 0 unspecified atom stereocenters. The Balaban J connectivity index is 1.59. The zero-order chi connectivity index (χ0) is 12.2. The quantitative estimate of drug-likeness (QED) is 0.819. The molecule has 0 radical (unpaired) electrons. The van der Waals surface area contributed by atoms with Crippen molar-refractivity contribution in [3.8, 4) is 0 Å². The van der Waals surface area contributed by atoms with E-state index in [1.165, 1.54) is 5.56 Å². The van der Waals surface area contributed by atoms with Crippen molar-refractivity contribution in [2.45, 2.75) is 26.4 Å². The summed E-state index contributed by atoms with van der Waals surface area (Å²) < 4.78 is 13.1. The van der Waals surface area contributed by atoms with Crippen LogP contribution in [0.15, 0.2) is 30.3 Å². The molecule has 94 valence electrons. The minimum absolute atomic E-state index is 0.488. The van der Waals surface area contributed by atoms with Gasteiger partial charge in [0.15, 0.2) is 11.6 Å². The van der Waals surface area contributed by atoms with E-state index in [-0.39, 0.29) is 0 Å². The smallest absolute Gasteiger partial charge is 0.159 e. The van der Waals surface area contributed by atoms with Crippen LogP contribution in [-0.4, -0.2) is 21.4 Å². The lowest BCUT2D eigenvalue weighted by atomic mass is 10.2. The fourth-order valence-corrected chi connectivity index (χ4v) is 2.00. The first kappa shape index (κ1) is 11.4. The van der Waals surface area contributed by atoms with Crippen molar-refractivity contribution in [2.24, 2.45) is 0 Å². The number of fused-ring (bicyclic) bond motifs is 1. The number of benzene rings is 1. The molecule has 0 spiro atoms. The molecule has 1 aromatic carbocycles. The van der Waals surface area contributed by atoms with Crippen LogP contribution in [0.25, 0.3) is 0 Å². The van der Waals surface area contributed by atoms with Gasteiger partial charge in [0.1, 0.15) is 13.2 Å². The Morgan fingerprint density at radius 2 is 2.06 bits per heavy atom. The maximum atomic E-state index is 5.67. The van der Waals surface area contributed by atoms with Crippen molar-refractivity contribution in [2.75, 3.05) is 6.61 Å².